The molecular formula is C14H23FN2O2S. The number of halogens is 1. The number of nitrogens with one attached hydrogen (secondary N) is 2. The van der Waals surface area contributed by atoms with E-state index in [4.69, 9.17) is 0 Å². The van der Waals surface area contributed by atoms with Gasteiger partial charge in [0.2, 0.25) is 10.0 Å². The van der Waals surface area contributed by atoms with Crippen LogP contribution < -0.4 is 10.0 Å². The maximum absolute atomic E-state index is 13.9. The minimum absolute atomic E-state index is 0.103. The number of aryl methyl sites for hydroxylation is 1. The van der Waals surface area contributed by atoms with E-state index >= 15 is 0 Å². The molecule has 1 aromatic rings. The summed E-state index contributed by atoms with van der Waals surface area (Å²) in [6, 6.07) is 2.74. The molecule has 6 heteroatoms. The van der Waals surface area contributed by atoms with Gasteiger partial charge in [-0.15, -0.1) is 0 Å². The molecule has 4 nitrogen and oxygen atoms in total. The van der Waals surface area contributed by atoms with Gasteiger partial charge in [-0.05, 0) is 37.1 Å². The lowest BCUT2D eigenvalue weighted by Crippen LogP contribution is -2.32. The zero-order valence-corrected chi connectivity index (χ0v) is 13.5. The first-order chi connectivity index (χ1) is 9.07. The van der Waals surface area contributed by atoms with Gasteiger partial charge in [-0.2, -0.15) is 0 Å². The van der Waals surface area contributed by atoms with Crippen LogP contribution in [0.25, 0.3) is 0 Å². The van der Waals surface area contributed by atoms with Crippen molar-refractivity contribution in [3.8, 4) is 0 Å². The van der Waals surface area contributed by atoms with Crippen molar-refractivity contribution >= 4 is 10.0 Å². The van der Waals surface area contributed by atoms with Crippen LogP contribution in [0.2, 0.25) is 0 Å². The molecule has 20 heavy (non-hydrogen) atoms. The SMILES string of the molecule is CNCc1cc(S(=O)(=O)NCC(C)(C)C)cc(C)c1F. The highest BCUT2D eigenvalue weighted by molar-refractivity contribution is 7.89. The normalized spacial score (nSPS) is 12.7. The first-order valence-corrected chi connectivity index (χ1v) is 7.98. The Labute approximate surface area is 120 Å². The van der Waals surface area contributed by atoms with E-state index < -0.39 is 10.0 Å². The fraction of sp³-hybridized carbons (Fsp3) is 0.571. The van der Waals surface area contributed by atoms with Crippen LogP contribution in [-0.2, 0) is 16.6 Å². The number of benzene rings is 1. The van der Waals surface area contributed by atoms with Crippen molar-refractivity contribution in [2.45, 2.75) is 39.1 Å². The quantitative estimate of drug-likeness (QED) is 0.876. The molecule has 0 aromatic heterocycles. The molecule has 0 bridgehead atoms. The fourth-order valence-electron chi connectivity index (χ4n) is 1.68. The van der Waals surface area contributed by atoms with Gasteiger partial charge in [-0.1, -0.05) is 20.8 Å². The van der Waals surface area contributed by atoms with Gasteiger partial charge in [0.1, 0.15) is 5.82 Å². The molecule has 0 saturated carbocycles. The third-order valence-corrected chi connectivity index (χ3v) is 4.15. The highest BCUT2D eigenvalue weighted by Gasteiger charge is 2.20. The molecular weight excluding hydrogens is 279 g/mol. The molecule has 0 heterocycles. The summed E-state index contributed by atoms with van der Waals surface area (Å²) in [6.07, 6.45) is 0. The lowest BCUT2D eigenvalue weighted by molar-refractivity contribution is 0.407. The summed E-state index contributed by atoms with van der Waals surface area (Å²) in [5.41, 5.74) is 0.521. The van der Waals surface area contributed by atoms with Gasteiger partial charge in [0.15, 0.2) is 0 Å². The van der Waals surface area contributed by atoms with E-state index in [2.05, 4.69) is 10.0 Å². The number of hydrogen-bond acceptors (Lipinski definition) is 3. The van der Waals surface area contributed by atoms with Crippen molar-refractivity contribution in [2.75, 3.05) is 13.6 Å². The van der Waals surface area contributed by atoms with Gasteiger partial charge < -0.3 is 5.32 Å². The third kappa shape index (κ3) is 4.54. The molecule has 0 aliphatic rings. The van der Waals surface area contributed by atoms with Crippen molar-refractivity contribution in [3.05, 3.63) is 29.1 Å². The zero-order chi connectivity index (χ0) is 15.6. The van der Waals surface area contributed by atoms with E-state index in [-0.39, 0.29) is 22.7 Å². The molecule has 0 radical (unpaired) electrons. The van der Waals surface area contributed by atoms with E-state index in [9.17, 15) is 12.8 Å². The first kappa shape index (κ1) is 17.1. The molecule has 0 aliphatic carbocycles. The van der Waals surface area contributed by atoms with Crippen LogP contribution in [-0.4, -0.2) is 22.0 Å². The molecule has 114 valence electrons. The molecule has 0 spiro atoms. The molecule has 0 fully saturated rings. The maximum Gasteiger partial charge on any atom is 0.240 e. The standard InChI is InChI=1S/C14H23FN2O2S/c1-10-6-12(7-11(8-16-5)13(10)15)20(18,19)17-9-14(2,3)4/h6-7,16-17H,8-9H2,1-5H3. The van der Waals surface area contributed by atoms with Crippen molar-refractivity contribution in [1.82, 2.24) is 10.0 Å². The van der Waals surface area contributed by atoms with Crippen molar-refractivity contribution in [3.63, 3.8) is 0 Å². The van der Waals surface area contributed by atoms with Crippen molar-refractivity contribution in [2.24, 2.45) is 5.41 Å². The van der Waals surface area contributed by atoms with Crippen LogP contribution in [0.5, 0.6) is 0 Å². The van der Waals surface area contributed by atoms with E-state index in [1.165, 1.54) is 12.1 Å². The van der Waals surface area contributed by atoms with E-state index in [0.717, 1.165) is 0 Å². The van der Waals surface area contributed by atoms with Gasteiger partial charge >= 0.3 is 0 Å². The Hall–Kier alpha value is -0.980. The first-order valence-electron chi connectivity index (χ1n) is 6.50. The van der Waals surface area contributed by atoms with Crippen molar-refractivity contribution in [1.29, 1.82) is 0 Å². The van der Waals surface area contributed by atoms with Gasteiger partial charge in [0.25, 0.3) is 0 Å². The van der Waals surface area contributed by atoms with Crippen LogP contribution in [0.4, 0.5) is 4.39 Å². The van der Waals surface area contributed by atoms with Crippen LogP contribution in [0, 0.1) is 18.2 Å². The number of hydrogen-bond donors (Lipinski definition) is 2. The van der Waals surface area contributed by atoms with Gasteiger partial charge in [0, 0.05) is 18.7 Å². The highest BCUT2D eigenvalue weighted by atomic mass is 32.2. The lowest BCUT2D eigenvalue weighted by atomic mass is 9.98. The lowest BCUT2D eigenvalue weighted by Gasteiger charge is -2.19. The minimum atomic E-state index is -3.62. The predicted molar refractivity (Wildman–Crippen MR) is 78.5 cm³/mol. The summed E-state index contributed by atoms with van der Waals surface area (Å²) in [5, 5.41) is 2.83. The van der Waals surface area contributed by atoms with E-state index in [1.54, 1.807) is 14.0 Å². The van der Waals surface area contributed by atoms with Crippen LogP contribution >= 0.6 is 0 Å². The second kappa shape index (κ2) is 6.20. The van der Waals surface area contributed by atoms with Crippen LogP contribution in [0.1, 0.15) is 31.9 Å². The largest absolute Gasteiger partial charge is 0.316 e. The maximum atomic E-state index is 13.9. The van der Waals surface area contributed by atoms with Gasteiger partial charge in [-0.3, -0.25) is 0 Å². The van der Waals surface area contributed by atoms with Gasteiger partial charge in [0.05, 0.1) is 4.90 Å². The Kier molecular flexibility index (Phi) is 5.29. The molecule has 2 N–H and O–H groups in total. The fourth-order valence-corrected chi connectivity index (χ4v) is 3.09. The summed E-state index contributed by atoms with van der Waals surface area (Å²) >= 11 is 0. The Bertz CT molecular complexity index is 578. The Balaban J connectivity index is 3.12. The number of rotatable bonds is 5. The molecule has 0 atom stereocenters. The van der Waals surface area contributed by atoms with E-state index in [1.807, 2.05) is 20.8 Å². The Morgan fingerprint density at radius 1 is 1.25 bits per heavy atom. The average Bonchev–Trinajstić information content (AvgIpc) is 2.32. The highest BCUT2D eigenvalue weighted by Crippen LogP contribution is 2.20. The topological polar surface area (TPSA) is 58.2 Å². The van der Waals surface area contributed by atoms with Crippen molar-refractivity contribution < 1.29 is 12.8 Å². The molecule has 0 saturated heterocycles. The predicted octanol–water partition coefficient (Wildman–Crippen LogP) is 2.18. The second-order valence-electron chi connectivity index (χ2n) is 6.13. The smallest absolute Gasteiger partial charge is 0.240 e. The molecule has 0 amide bonds. The third-order valence-electron chi connectivity index (χ3n) is 2.77. The van der Waals surface area contributed by atoms with Crippen LogP contribution in [0.15, 0.2) is 17.0 Å². The summed E-state index contributed by atoms with van der Waals surface area (Å²) in [7, 11) is -1.93. The molecule has 0 unspecified atom stereocenters. The van der Waals surface area contributed by atoms with Gasteiger partial charge in [-0.25, -0.2) is 17.5 Å². The summed E-state index contributed by atoms with van der Waals surface area (Å²) in [6.45, 7) is 8.01. The monoisotopic (exact) mass is 302 g/mol. The summed E-state index contributed by atoms with van der Waals surface area (Å²) in [4.78, 5) is 0.103. The minimum Gasteiger partial charge on any atom is -0.316 e. The van der Waals surface area contributed by atoms with E-state index in [0.29, 0.717) is 17.7 Å². The zero-order valence-electron chi connectivity index (χ0n) is 12.7. The average molecular weight is 302 g/mol. The summed E-state index contributed by atoms with van der Waals surface area (Å²) < 4.78 is 40.9. The molecule has 0 aliphatic heterocycles. The molecule has 1 rings (SSSR count). The van der Waals surface area contributed by atoms with Crippen LogP contribution in [0.3, 0.4) is 0 Å². The molecule has 1 aromatic carbocycles. The Morgan fingerprint density at radius 2 is 1.85 bits per heavy atom. The second-order valence-corrected chi connectivity index (χ2v) is 7.90. The number of sulfonamides is 1. The summed E-state index contributed by atoms with van der Waals surface area (Å²) in [5.74, 6) is -0.367. The Morgan fingerprint density at radius 3 is 2.35 bits per heavy atom.